The molecule has 0 aromatic carbocycles. The van der Waals surface area contributed by atoms with Gasteiger partial charge in [-0.2, -0.15) is 4.98 Å². The molecule has 0 unspecified atom stereocenters. The predicted molar refractivity (Wildman–Crippen MR) is 78.8 cm³/mol. The smallest absolute Gasteiger partial charge is 0.289 e. The summed E-state index contributed by atoms with van der Waals surface area (Å²) < 4.78 is 16.5. The Balaban J connectivity index is 1.43. The monoisotopic (exact) mass is 317 g/mol. The first-order valence-corrected chi connectivity index (χ1v) is 7.86. The lowest BCUT2D eigenvalue weighted by atomic mass is 9.90. The van der Waals surface area contributed by atoms with E-state index in [-0.39, 0.29) is 12.0 Å². The average Bonchev–Trinajstić information content (AvgIpc) is 3.25. The zero-order valence-electron chi connectivity index (χ0n) is 13.2. The van der Waals surface area contributed by atoms with Gasteiger partial charge in [-0.3, -0.25) is 4.79 Å². The van der Waals surface area contributed by atoms with E-state index in [1.807, 2.05) is 18.7 Å². The number of amides is 1. The highest BCUT2D eigenvalue weighted by molar-refractivity contribution is 5.91. The molecular formula is C16H19N3O4. The summed E-state index contributed by atoms with van der Waals surface area (Å²) in [5.74, 6) is 2.97. The molecule has 7 heteroatoms. The van der Waals surface area contributed by atoms with E-state index >= 15 is 0 Å². The molecule has 122 valence electrons. The van der Waals surface area contributed by atoms with Gasteiger partial charge in [-0.15, -0.1) is 0 Å². The first kappa shape index (κ1) is 14.4. The van der Waals surface area contributed by atoms with Crippen molar-refractivity contribution in [1.82, 2.24) is 15.0 Å². The molecule has 2 aliphatic rings. The van der Waals surface area contributed by atoms with Crippen molar-refractivity contribution in [1.29, 1.82) is 0 Å². The molecule has 0 N–H and O–H groups in total. The lowest BCUT2D eigenvalue weighted by molar-refractivity contribution is 0.0649. The molecule has 1 amide bonds. The van der Waals surface area contributed by atoms with Crippen molar-refractivity contribution in [3.63, 3.8) is 0 Å². The van der Waals surface area contributed by atoms with E-state index in [9.17, 15) is 4.79 Å². The molecule has 0 spiro atoms. The molecule has 2 aliphatic heterocycles. The average molecular weight is 317 g/mol. The summed E-state index contributed by atoms with van der Waals surface area (Å²) in [5, 5.41) is 3.83. The van der Waals surface area contributed by atoms with Crippen LogP contribution in [0.1, 0.15) is 28.0 Å². The summed E-state index contributed by atoms with van der Waals surface area (Å²) in [6.07, 6.45) is 0.785. The number of nitrogens with zero attached hydrogens (tertiary/aromatic N) is 3. The molecule has 4 heterocycles. The van der Waals surface area contributed by atoms with E-state index in [0.717, 1.165) is 5.76 Å². The van der Waals surface area contributed by atoms with Crippen LogP contribution >= 0.6 is 0 Å². The zero-order chi connectivity index (χ0) is 16.0. The number of fused-ring (bicyclic) bond motifs is 1. The van der Waals surface area contributed by atoms with Crippen molar-refractivity contribution in [2.24, 2.45) is 11.8 Å². The van der Waals surface area contributed by atoms with E-state index in [1.165, 1.54) is 0 Å². The molecule has 0 aliphatic carbocycles. The molecule has 4 rings (SSSR count). The highest BCUT2D eigenvalue weighted by Gasteiger charge is 2.46. The number of furan rings is 1. The van der Waals surface area contributed by atoms with Crippen LogP contribution in [0.2, 0.25) is 0 Å². The van der Waals surface area contributed by atoms with Crippen molar-refractivity contribution in [3.05, 3.63) is 35.4 Å². The first-order chi connectivity index (χ1) is 11.1. The fourth-order valence-electron chi connectivity index (χ4n) is 3.53. The number of aryl methyl sites for hydroxylation is 2. The van der Waals surface area contributed by atoms with Gasteiger partial charge in [0.2, 0.25) is 5.89 Å². The summed E-state index contributed by atoms with van der Waals surface area (Å²) in [5.41, 5.74) is 0. The normalized spacial score (nSPS) is 26.7. The molecule has 0 radical (unpaired) electrons. The Labute approximate surface area is 133 Å². The number of carbonyl (C=O) groups is 1. The molecular weight excluding hydrogens is 298 g/mol. The number of hydrogen-bond donors (Lipinski definition) is 0. The third kappa shape index (κ3) is 2.65. The molecule has 2 aromatic heterocycles. The second-order valence-electron chi connectivity index (χ2n) is 6.36. The molecule has 3 atom stereocenters. The Morgan fingerprint density at radius 3 is 2.91 bits per heavy atom. The van der Waals surface area contributed by atoms with Crippen LogP contribution in [0.15, 0.2) is 21.1 Å². The minimum Gasteiger partial charge on any atom is -0.456 e. The Bertz CT molecular complexity index is 722. The van der Waals surface area contributed by atoms with Gasteiger partial charge in [0, 0.05) is 25.4 Å². The summed E-state index contributed by atoms with van der Waals surface area (Å²) in [6, 6.07) is 3.53. The van der Waals surface area contributed by atoms with Crippen LogP contribution in [0.5, 0.6) is 0 Å². The van der Waals surface area contributed by atoms with Crippen molar-refractivity contribution >= 4 is 5.91 Å². The summed E-state index contributed by atoms with van der Waals surface area (Å²) in [4.78, 5) is 18.6. The minimum atomic E-state index is -0.0662. The SMILES string of the molecule is Cc1noc(C[C@@H]2CO[C@H]3CN(C(=O)c4ccc(C)o4)C[C@@H]23)n1. The third-order valence-corrected chi connectivity index (χ3v) is 4.68. The van der Waals surface area contributed by atoms with Crippen LogP contribution in [0, 0.1) is 25.7 Å². The Hall–Kier alpha value is -2.15. The van der Waals surface area contributed by atoms with Gasteiger partial charge < -0.3 is 18.6 Å². The van der Waals surface area contributed by atoms with Gasteiger partial charge in [-0.05, 0) is 31.9 Å². The van der Waals surface area contributed by atoms with Gasteiger partial charge in [0.15, 0.2) is 11.6 Å². The van der Waals surface area contributed by atoms with Crippen molar-refractivity contribution in [3.8, 4) is 0 Å². The van der Waals surface area contributed by atoms with Gasteiger partial charge in [-0.25, -0.2) is 0 Å². The van der Waals surface area contributed by atoms with Crippen LogP contribution < -0.4 is 0 Å². The van der Waals surface area contributed by atoms with Crippen LogP contribution in [0.25, 0.3) is 0 Å². The highest BCUT2D eigenvalue weighted by atomic mass is 16.5. The van der Waals surface area contributed by atoms with Crippen molar-refractivity contribution in [2.75, 3.05) is 19.7 Å². The Morgan fingerprint density at radius 2 is 2.22 bits per heavy atom. The molecule has 7 nitrogen and oxygen atoms in total. The fourth-order valence-corrected chi connectivity index (χ4v) is 3.53. The molecule has 2 fully saturated rings. The molecule has 2 saturated heterocycles. The number of rotatable bonds is 3. The topological polar surface area (TPSA) is 81.6 Å². The van der Waals surface area contributed by atoms with E-state index in [1.54, 1.807) is 12.1 Å². The van der Waals surface area contributed by atoms with Crippen LogP contribution in [0.3, 0.4) is 0 Å². The fraction of sp³-hybridized carbons (Fsp3) is 0.562. The molecule has 23 heavy (non-hydrogen) atoms. The number of carbonyl (C=O) groups excluding carboxylic acids is 1. The van der Waals surface area contributed by atoms with Crippen LogP contribution in [-0.2, 0) is 11.2 Å². The van der Waals surface area contributed by atoms with Gasteiger partial charge >= 0.3 is 0 Å². The summed E-state index contributed by atoms with van der Waals surface area (Å²) in [6.45, 7) is 5.62. The lowest BCUT2D eigenvalue weighted by Gasteiger charge is -2.18. The zero-order valence-corrected chi connectivity index (χ0v) is 13.2. The predicted octanol–water partition coefficient (Wildman–Crippen LogP) is 1.61. The van der Waals surface area contributed by atoms with E-state index in [0.29, 0.717) is 55.4 Å². The van der Waals surface area contributed by atoms with E-state index in [2.05, 4.69) is 10.1 Å². The van der Waals surface area contributed by atoms with Gasteiger partial charge in [0.1, 0.15) is 5.76 Å². The van der Waals surface area contributed by atoms with Crippen LogP contribution in [-0.4, -0.2) is 46.7 Å². The third-order valence-electron chi connectivity index (χ3n) is 4.68. The summed E-state index contributed by atoms with van der Waals surface area (Å²) >= 11 is 0. The number of hydrogen-bond acceptors (Lipinski definition) is 6. The summed E-state index contributed by atoms with van der Waals surface area (Å²) in [7, 11) is 0. The van der Waals surface area contributed by atoms with E-state index in [4.69, 9.17) is 13.7 Å². The van der Waals surface area contributed by atoms with Crippen molar-refractivity contribution < 1.29 is 18.5 Å². The second-order valence-corrected chi connectivity index (χ2v) is 6.36. The molecule has 0 bridgehead atoms. The first-order valence-electron chi connectivity index (χ1n) is 7.86. The maximum atomic E-state index is 12.5. The lowest BCUT2D eigenvalue weighted by Crippen LogP contribution is -2.31. The van der Waals surface area contributed by atoms with Crippen LogP contribution in [0.4, 0.5) is 0 Å². The quantitative estimate of drug-likeness (QED) is 0.855. The van der Waals surface area contributed by atoms with Crippen molar-refractivity contribution in [2.45, 2.75) is 26.4 Å². The number of likely N-dealkylation sites (tertiary alicyclic amines) is 1. The maximum absolute atomic E-state index is 12.5. The Morgan fingerprint density at radius 1 is 1.35 bits per heavy atom. The number of ether oxygens (including phenoxy) is 1. The largest absolute Gasteiger partial charge is 0.456 e. The minimum absolute atomic E-state index is 0.0662. The standard InChI is InChI=1S/C16H19N3O4/c1-9-3-4-13(22-9)16(20)19-6-12-11(8-21-14(12)7-19)5-15-17-10(2)18-23-15/h3-4,11-12,14H,5-8H2,1-2H3/t11-,12+,14+/m1/s1. The second kappa shape index (κ2) is 5.49. The Kier molecular flexibility index (Phi) is 3.45. The van der Waals surface area contributed by atoms with E-state index < -0.39 is 0 Å². The van der Waals surface area contributed by atoms with Gasteiger partial charge in [-0.1, -0.05) is 5.16 Å². The molecule has 0 saturated carbocycles. The maximum Gasteiger partial charge on any atom is 0.289 e. The molecule has 2 aromatic rings. The highest BCUT2D eigenvalue weighted by Crippen LogP contribution is 2.36. The van der Waals surface area contributed by atoms with Gasteiger partial charge in [0.25, 0.3) is 5.91 Å². The number of aromatic nitrogens is 2. The van der Waals surface area contributed by atoms with Gasteiger partial charge in [0.05, 0.1) is 12.7 Å².